The molecule has 202 valence electrons. The summed E-state index contributed by atoms with van der Waals surface area (Å²) in [7, 11) is 5.49. The number of rotatable bonds is 4. The molecule has 36 heavy (non-hydrogen) atoms. The van der Waals surface area contributed by atoms with Crippen LogP contribution in [-0.2, 0) is 28.7 Å². The number of aliphatic carboxylic acids is 4. The number of carbonyl (C=O) groups excluding carboxylic acids is 2. The molecule has 0 aromatic heterocycles. The number of carboxylic acids is 4. The van der Waals surface area contributed by atoms with E-state index in [1.165, 1.54) is 40.6 Å². The van der Waals surface area contributed by atoms with Gasteiger partial charge in [0.15, 0.2) is 0 Å². The molecule has 0 fully saturated rings. The Morgan fingerprint density at radius 1 is 0.583 bits per heavy atom. The van der Waals surface area contributed by atoms with Crippen LogP contribution in [0.1, 0.15) is 48.4 Å². The van der Waals surface area contributed by atoms with Crippen LogP contribution in [0.5, 0.6) is 11.5 Å². The van der Waals surface area contributed by atoms with E-state index in [4.69, 9.17) is 58.6 Å². The van der Waals surface area contributed by atoms with Crippen molar-refractivity contribution < 1.29 is 68.1 Å². The average molecular weight is 518 g/mol. The number of ketones is 2. The Balaban J connectivity index is -0.000000557. The van der Waals surface area contributed by atoms with Gasteiger partial charge >= 0.3 is 0 Å². The molecule has 0 unspecified atom stereocenters. The number of carbonyl (C=O) groups is 6. The van der Waals surface area contributed by atoms with E-state index in [9.17, 15) is 9.59 Å². The zero-order chi connectivity index (χ0) is 29.2. The number of hydrogen-bond acceptors (Lipinski definition) is 10. The molecule has 0 aliphatic heterocycles. The van der Waals surface area contributed by atoms with Gasteiger partial charge in [-0.15, -0.1) is 0 Å². The smallest absolute Gasteiger partial charge is 0.300 e. The highest BCUT2D eigenvalue weighted by Gasteiger charge is 2.37. The third kappa shape index (κ3) is 15.3. The van der Waals surface area contributed by atoms with Gasteiger partial charge in [-0.1, -0.05) is 0 Å². The number of ether oxygens (including phenoxy) is 4. The molecule has 0 heterocycles. The van der Waals surface area contributed by atoms with E-state index in [-0.39, 0.29) is 28.4 Å². The van der Waals surface area contributed by atoms with E-state index in [0.29, 0.717) is 5.75 Å². The van der Waals surface area contributed by atoms with Crippen molar-refractivity contribution in [1.82, 2.24) is 0 Å². The number of Topliss-reactive ketones (excluding diaryl/α,β-unsaturated/α-hetero) is 2. The summed E-state index contributed by atoms with van der Waals surface area (Å²) in [5.41, 5.74) is 0.319. The van der Waals surface area contributed by atoms with Crippen molar-refractivity contribution in [2.24, 2.45) is 0 Å². The van der Waals surface area contributed by atoms with E-state index in [0.717, 1.165) is 27.7 Å². The van der Waals surface area contributed by atoms with E-state index >= 15 is 0 Å². The molecule has 1 aromatic carbocycles. The Kier molecular flexibility index (Phi) is 18.7. The van der Waals surface area contributed by atoms with Gasteiger partial charge in [-0.3, -0.25) is 28.8 Å². The van der Waals surface area contributed by atoms with Gasteiger partial charge in [0.2, 0.25) is 23.1 Å². The van der Waals surface area contributed by atoms with Gasteiger partial charge in [-0.25, -0.2) is 0 Å². The van der Waals surface area contributed by atoms with Gasteiger partial charge in [0.1, 0.15) is 11.5 Å². The van der Waals surface area contributed by atoms with Crippen LogP contribution in [-0.4, -0.2) is 84.3 Å². The zero-order valence-electron chi connectivity index (χ0n) is 21.0. The molecule has 0 saturated carbocycles. The SMILES string of the molecule is CC(=O)O.CC(=O)O.CC(=O)O.CC(=O)O.COC1=C(OC)C(=O)c2c(OC)cc(OC)cc2C1=O. The normalized spacial score (nSPS) is 10.6. The fourth-order valence-corrected chi connectivity index (χ4v) is 2.10. The van der Waals surface area contributed by atoms with Crippen molar-refractivity contribution >= 4 is 35.4 Å². The zero-order valence-corrected chi connectivity index (χ0v) is 21.0. The van der Waals surface area contributed by atoms with Crippen molar-refractivity contribution in [3.8, 4) is 11.5 Å². The molecule has 2 rings (SSSR count). The van der Waals surface area contributed by atoms with Crippen LogP contribution in [0.4, 0.5) is 0 Å². The quantitative estimate of drug-likeness (QED) is 0.447. The highest BCUT2D eigenvalue weighted by atomic mass is 16.5. The first kappa shape index (κ1) is 36.0. The molecule has 0 radical (unpaired) electrons. The minimum Gasteiger partial charge on any atom is -0.497 e. The van der Waals surface area contributed by atoms with E-state index in [1.807, 2.05) is 0 Å². The number of carboxylic acid groups (broad SMARTS) is 4. The third-order valence-corrected chi connectivity index (χ3v) is 3.03. The summed E-state index contributed by atoms with van der Waals surface area (Å²) in [4.78, 5) is 60.8. The summed E-state index contributed by atoms with van der Waals surface area (Å²) >= 11 is 0. The number of hydrogen-bond donors (Lipinski definition) is 4. The predicted molar refractivity (Wildman–Crippen MR) is 122 cm³/mol. The number of fused-ring (bicyclic) bond motifs is 1. The van der Waals surface area contributed by atoms with Crippen LogP contribution in [0.3, 0.4) is 0 Å². The number of allylic oxidation sites excluding steroid dienone is 2. The van der Waals surface area contributed by atoms with Crippen LogP contribution in [0.25, 0.3) is 0 Å². The Labute approximate surface area is 206 Å². The topological polar surface area (TPSA) is 220 Å². The second-order valence-corrected chi connectivity index (χ2v) is 6.05. The summed E-state index contributed by atoms with van der Waals surface area (Å²) in [6, 6.07) is 3.01. The summed E-state index contributed by atoms with van der Waals surface area (Å²) < 4.78 is 20.2. The van der Waals surface area contributed by atoms with E-state index in [1.54, 1.807) is 0 Å². The van der Waals surface area contributed by atoms with Crippen molar-refractivity contribution in [2.45, 2.75) is 27.7 Å². The van der Waals surface area contributed by atoms with Crippen LogP contribution < -0.4 is 9.47 Å². The summed E-state index contributed by atoms with van der Waals surface area (Å²) in [5.74, 6) is -3.83. The molecule has 1 aliphatic carbocycles. The Morgan fingerprint density at radius 3 is 1.19 bits per heavy atom. The van der Waals surface area contributed by atoms with Gasteiger partial charge < -0.3 is 39.4 Å². The molecule has 0 atom stereocenters. The second-order valence-electron chi connectivity index (χ2n) is 6.05. The van der Waals surface area contributed by atoms with Gasteiger partial charge in [-0.2, -0.15) is 0 Å². The summed E-state index contributed by atoms with van der Waals surface area (Å²) in [5, 5.41) is 29.7. The third-order valence-electron chi connectivity index (χ3n) is 3.03. The Hall–Kier alpha value is -4.62. The van der Waals surface area contributed by atoms with Crippen molar-refractivity contribution in [3.63, 3.8) is 0 Å². The molecule has 14 nitrogen and oxygen atoms in total. The highest BCUT2D eigenvalue weighted by Crippen LogP contribution is 2.36. The maximum Gasteiger partial charge on any atom is 0.300 e. The monoisotopic (exact) mass is 518 g/mol. The lowest BCUT2D eigenvalue weighted by Gasteiger charge is -2.21. The molecular formula is C22H30O14. The van der Waals surface area contributed by atoms with Gasteiger partial charge in [0.05, 0.1) is 34.0 Å². The molecule has 0 spiro atoms. The van der Waals surface area contributed by atoms with Gasteiger partial charge in [0, 0.05) is 39.3 Å². The maximum absolute atomic E-state index is 12.4. The lowest BCUT2D eigenvalue weighted by atomic mass is 9.91. The number of benzene rings is 1. The first-order chi connectivity index (χ1) is 16.5. The molecule has 1 aliphatic rings. The van der Waals surface area contributed by atoms with Crippen LogP contribution in [0.2, 0.25) is 0 Å². The fourth-order valence-electron chi connectivity index (χ4n) is 2.10. The largest absolute Gasteiger partial charge is 0.497 e. The Bertz CT molecular complexity index is 911. The molecule has 0 saturated heterocycles. The fraction of sp³-hybridized carbons (Fsp3) is 0.364. The van der Waals surface area contributed by atoms with Crippen LogP contribution in [0.15, 0.2) is 23.7 Å². The molecular weight excluding hydrogens is 488 g/mol. The summed E-state index contributed by atoms with van der Waals surface area (Å²) in [6.45, 7) is 4.33. The molecule has 0 amide bonds. The standard InChI is InChI=1S/C14H14O6.4C2H4O2/c1-17-7-5-8-10(9(6-7)18-2)12(16)14(20-4)13(19-3)11(8)15;4*1-2(3)4/h5-6H,1-4H3;4*1H3,(H,3,4). The highest BCUT2D eigenvalue weighted by molar-refractivity contribution is 6.26. The van der Waals surface area contributed by atoms with Crippen molar-refractivity contribution in [3.05, 3.63) is 34.8 Å². The average Bonchev–Trinajstić information content (AvgIpc) is 2.73. The van der Waals surface area contributed by atoms with Gasteiger partial charge in [-0.05, 0) is 6.07 Å². The summed E-state index contributed by atoms with van der Waals surface area (Å²) in [6.07, 6.45) is 0. The maximum atomic E-state index is 12.4. The van der Waals surface area contributed by atoms with E-state index in [2.05, 4.69) is 0 Å². The van der Waals surface area contributed by atoms with Crippen molar-refractivity contribution in [2.75, 3.05) is 28.4 Å². The minimum atomic E-state index is -0.833. The second kappa shape index (κ2) is 18.8. The van der Waals surface area contributed by atoms with E-state index < -0.39 is 35.4 Å². The van der Waals surface area contributed by atoms with Crippen molar-refractivity contribution in [1.29, 1.82) is 0 Å². The first-order valence-electron chi connectivity index (χ1n) is 9.47. The number of methoxy groups -OCH3 is 4. The molecule has 4 N–H and O–H groups in total. The van der Waals surface area contributed by atoms with Crippen LogP contribution >= 0.6 is 0 Å². The predicted octanol–water partition coefficient (Wildman–Crippen LogP) is 1.95. The lowest BCUT2D eigenvalue weighted by Crippen LogP contribution is -2.24. The first-order valence-corrected chi connectivity index (χ1v) is 9.47. The lowest BCUT2D eigenvalue weighted by molar-refractivity contribution is -0.135. The van der Waals surface area contributed by atoms with Crippen LogP contribution in [0, 0.1) is 0 Å². The molecule has 0 bridgehead atoms. The molecule has 1 aromatic rings. The minimum absolute atomic E-state index is 0.125. The molecule has 14 heteroatoms. The Morgan fingerprint density at radius 2 is 0.917 bits per heavy atom. The van der Waals surface area contributed by atoms with Gasteiger partial charge in [0.25, 0.3) is 23.9 Å².